The van der Waals surface area contributed by atoms with Gasteiger partial charge in [0.15, 0.2) is 11.6 Å². The smallest absolute Gasteiger partial charge is 0.335 e. The van der Waals surface area contributed by atoms with Gasteiger partial charge in [0.25, 0.3) is 0 Å². The molecule has 5 nitrogen and oxygen atoms in total. The van der Waals surface area contributed by atoms with Gasteiger partial charge >= 0.3 is 5.97 Å². The number of ether oxygens (including phenoxy) is 1. The highest BCUT2D eigenvalue weighted by molar-refractivity contribution is 5.89. The maximum absolute atomic E-state index is 14.7. The molecule has 1 aliphatic rings. The lowest BCUT2D eigenvalue weighted by atomic mass is 9.99. The number of halogens is 2. The van der Waals surface area contributed by atoms with Crippen LogP contribution in [-0.2, 0) is 0 Å². The minimum atomic E-state index is -1.23. The monoisotopic (exact) mass is 488 g/mol. The van der Waals surface area contributed by atoms with Crippen molar-refractivity contribution in [3.8, 4) is 5.75 Å². The third-order valence-corrected chi connectivity index (χ3v) is 6.56. The zero-order valence-corrected chi connectivity index (χ0v) is 19.7. The molecule has 0 spiro atoms. The van der Waals surface area contributed by atoms with Gasteiger partial charge in [0.1, 0.15) is 11.9 Å². The zero-order valence-electron chi connectivity index (χ0n) is 19.7. The van der Waals surface area contributed by atoms with Crippen LogP contribution in [0.15, 0.2) is 78.9 Å². The van der Waals surface area contributed by atoms with Crippen LogP contribution in [0.5, 0.6) is 5.75 Å². The lowest BCUT2D eigenvalue weighted by Gasteiger charge is -2.36. The maximum atomic E-state index is 14.7. The fourth-order valence-electron chi connectivity index (χ4n) is 4.78. The molecule has 4 aromatic rings. The van der Waals surface area contributed by atoms with E-state index in [-0.39, 0.29) is 17.4 Å². The highest BCUT2D eigenvalue weighted by atomic mass is 19.1. The predicted octanol–water partition coefficient (Wildman–Crippen LogP) is 6.46. The second-order valence-electron chi connectivity index (χ2n) is 8.97. The minimum absolute atomic E-state index is 0.0805. The molecule has 0 fully saturated rings. The van der Waals surface area contributed by atoms with Crippen molar-refractivity contribution < 1.29 is 23.4 Å². The quantitative estimate of drug-likeness (QED) is 0.313. The van der Waals surface area contributed by atoms with Gasteiger partial charge < -0.3 is 20.1 Å². The fourth-order valence-corrected chi connectivity index (χ4v) is 4.78. The maximum Gasteiger partial charge on any atom is 0.335 e. The lowest BCUT2D eigenvalue weighted by Crippen LogP contribution is -2.39. The molecular formula is C29H26F2N2O3. The molecule has 1 heterocycles. The normalized spacial score (nSPS) is 15.9. The van der Waals surface area contributed by atoms with Crippen LogP contribution >= 0.6 is 0 Å². The van der Waals surface area contributed by atoms with Crippen LogP contribution in [0.4, 0.5) is 20.2 Å². The molecule has 1 unspecified atom stereocenters. The third kappa shape index (κ3) is 4.75. The summed E-state index contributed by atoms with van der Waals surface area (Å²) in [4.78, 5) is 13.2. The number of benzene rings is 4. The number of hydrogen-bond acceptors (Lipinski definition) is 4. The number of aromatic carboxylic acids is 1. The number of hydrogen-bond donors (Lipinski definition) is 2. The van der Waals surface area contributed by atoms with Gasteiger partial charge in [-0.1, -0.05) is 48.5 Å². The zero-order chi connectivity index (χ0) is 25.2. The molecule has 2 N–H and O–H groups in total. The van der Waals surface area contributed by atoms with Crippen molar-refractivity contribution in [1.82, 2.24) is 5.32 Å². The Kier molecular flexibility index (Phi) is 6.57. The number of rotatable bonds is 7. The fraction of sp³-hybridized carbons (Fsp3) is 0.207. The molecule has 0 saturated carbocycles. The highest BCUT2D eigenvalue weighted by Crippen LogP contribution is 2.40. The van der Waals surface area contributed by atoms with E-state index in [4.69, 9.17) is 4.74 Å². The number of carbonyl (C=O) groups is 1. The lowest BCUT2D eigenvalue weighted by molar-refractivity contribution is 0.0696. The van der Waals surface area contributed by atoms with E-state index in [1.54, 1.807) is 17.0 Å². The van der Waals surface area contributed by atoms with Gasteiger partial charge in [0, 0.05) is 11.7 Å². The van der Waals surface area contributed by atoms with E-state index < -0.39 is 23.7 Å². The van der Waals surface area contributed by atoms with E-state index in [9.17, 15) is 18.7 Å². The SMILES string of the molecule is C[C@@H](NCCC1CN(c2cc(F)cc(C(=O)O)c2)c2cccc(F)c2O1)c1cccc2ccccc12. The van der Waals surface area contributed by atoms with Crippen LogP contribution in [0.3, 0.4) is 0 Å². The number of fused-ring (bicyclic) bond motifs is 2. The molecule has 5 rings (SSSR count). The van der Waals surface area contributed by atoms with E-state index in [0.717, 1.165) is 6.07 Å². The van der Waals surface area contributed by atoms with Crippen LogP contribution < -0.4 is 15.0 Å². The van der Waals surface area contributed by atoms with Crippen molar-refractivity contribution in [2.24, 2.45) is 0 Å². The van der Waals surface area contributed by atoms with Crippen molar-refractivity contribution in [3.63, 3.8) is 0 Å². The van der Waals surface area contributed by atoms with Crippen LogP contribution in [-0.4, -0.2) is 30.3 Å². The van der Waals surface area contributed by atoms with E-state index in [0.29, 0.717) is 30.9 Å². The molecule has 2 atom stereocenters. The number of anilines is 2. The van der Waals surface area contributed by atoms with Gasteiger partial charge in [-0.05, 0) is 66.6 Å². The second kappa shape index (κ2) is 9.95. The van der Waals surface area contributed by atoms with Crippen molar-refractivity contribution in [2.45, 2.75) is 25.5 Å². The van der Waals surface area contributed by atoms with Crippen LogP contribution in [0, 0.1) is 11.6 Å². The first-order valence-electron chi connectivity index (χ1n) is 11.9. The molecule has 0 aromatic heterocycles. The molecule has 0 amide bonds. The molecule has 1 aliphatic heterocycles. The summed E-state index contributed by atoms with van der Waals surface area (Å²) in [5.41, 5.74) is 1.79. The van der Waals surface area contributed by atoms with Gasteiger partial charge in [0.2, 0.25) is 0 Å². The first kappa shape index (κ1) is 23.8. The summed E-state index contributed by atoms with van der Waals surface area (Å²) in [5, 5.41) is 15.3. The molecule has 0 saturated heterocycles. The van der Waals surface area contributed by atoms with Gasteiger partial charge in [-0.25, -0.2) is 13.6 Å². The van der Waals surface area contributed by atoms with Gasteiger partial charge in [-0.15, -0.1) is 0 Å². The Balaban J connectivity index is 1.35. The van der Waals surface area contributed by atoms with Gasteiger partial charge in [-0.2, -0.15) is 0 Å². The Morgan fingerprint density at radius 3 is 2.69 bits per heavy atom. The number of para-hydroxylation sites is 1. The summed E-state index contributed by atoms with van der Waals surface area (Å²) in [7, 11) is 0. The summed E-state index contributed by atoms with van der Waals surface area (Å²) in [6.45, 7) is 3.03. The Bertz CT molecular complexity index is 1420. The number of nitrogens with zero attached hydrogens (tertiary/aromatic N) is 1. The number of carboxylic acid groups (broad SMARTS) is 1. The highest BCUT2D eigenvalue weighted by Gasteiger charge is 2.29. The molecule has 0 bridgehead atoms. The molecular weight excluding hydrogens is 462 g/mol. The summed E-state index contributed by atoms with van der Waals surface area (Å²) < 4.78 is 35.0. The van der Waals surface area contributed by atoms with Gasteiger partial charge in [0.05, 0.1) is 17.8 Å². The third-order valence-electron chi connectivity index (χ3n) is 6.56. The molecule has 0 aliphatic carbocycles. The summed E-state index contributed by atoms with van der Waals surface area (Å²) in [6.07, 6.45) is 0.179. The van der Waals surface area contributed by atoms with Crippen molar-refractivity contribution >= 4 is 28.1 Å². The predicted molar refractivity (Wildman–Crippen MR) is 136 cm³/mol. The largest absolute Gasteiger partial charge is 0.483 e. The van der Waals surface area contributed by atoms with E-state index in [1.807, 2.05) is 18.2 Å². The Hall–Kier alpha value is -3.97. The van der Waals surface area contributed by atoms with Crippen LogP contribution in [0.1, 0.15) is 35.3 Å². The average molecular weight is 489 g/mol. The molecule has 0 radical (unpaired) electrons. The Morgan fingerprint density at radius 1 is 1.08 bits per heavy atom. The first-order valence-corrected chi connectivity index (χ1v) is 11.9. The summed E-state index contributed by atoms with van der Waals surface area (Å²) in [6, 6.07) is 22.7. The van der Waals surface area contributed by atoms with E-state index in [1.165, 1.54) is 34.5 Å². The molecule has 36 heavy (non-hydrogen) atoms. The standard InChI is InChI=1S/C29H26F2N2O3/c1-18(24-9-4-7-19-6-2-3-8-25(19)24)32-13-12-23-17-33(27-11-5-10-26(31)28(27)36-23)22-15-20(29(34)35)14-21(30)16-22/h2-11,14-16,18,23,32H,12-13,17H2,1H3,(H,34,35)/t18-,23?/m1/s1. The molecule has 184 valence electrons. The number of nitrogens with one attached hydrogen (secondary N) is 1. The van der Waals surface area contributed by atoms with Crippen molar-refractivity contribution in [3.05, 3.63) is 102 Å². The van der Waals surface area contributed by atoms with Crippen LogP contribution in [0.2, 0.25) is 0 Å². The average Bonchev–Trinajstić information content (AvgIpc) is 2.88. The van der Waals surface area contributed by atoms with Crippen molar-refractivity contribution in [2.75, 3.05) is 18.0 Å². The summed E-state index contributed by atoms with van der Waals surface area (Å²) in [5.74, 6) is -2.34. The van der Waals surface area contributed by atoms with E-state index >= 15 is 0 Å². The Labute approximate surface area is 207 Å². The minimum Gasteiger partial charge on any atom is -0.483 e. The molecule has 7 heteroatoms. The second-order valence-corrected chi connectivity index (χ2v) is 8.97. The first-order chi connectivity index (χ1) is 17.4. The van der Waals surface area contributed by atoms with Crippen LogP contribution in [0.25, 0.3) is 10.8 Å². The topological polar surface area (TPSA) is 61.8 Å². The number of carboxylic acids is 1. The summed E-state index contributed by atoms with van der Waals surface area (Å²) >= 11 is 0. The van der Waals surface area contributed by atoms with Crippen molar-refractivity contribution in [1.29, 1.82) is 0 Å². The van der Waals surface area contributed by atoms with Gasteiger partial charge in [-0.3, -0.25) is 0 Å². The molecule has 4 aromatic carbocycles. The van der Waals surface area contributed by atoms with E-state index in [2.05, 4.69) is 36.5 Å². The Morgan fingerprint density at radius 2 is 1.86 bits per heavy atom.